The summed E-state index contributed by atoms with van der Waals surface area (Å²) in [6.45, 7) is 9.22. The van der Waals surface area contributed by atoms with E-state index in [1.165, 1.54) is 16.8 Å². The summed E-state index contributed by atoms with van der Waals surface area (Å²) >= 11 is 0. The zero-order valence-corrected chi connectivity index (χ0v) is 22.9. The third-order valence-corrected chi connectivity index (χ3v) is 7.39. The van der Waals surface area contributed by atoms with Crippen LogP contribution in [0.2, 0.25) is 0 Å². The van der Waals surface area contributed by atoms with Gasteiger partial charge in [0, 0.05) is 39.3 Å². The van der Waals surface area contributed by atoms with Crippen LogP contribution in [0.15, 0.2) is 72.9 Å². The number of nitrogens with zero attached hydrogens (tertiary/aromatic N) is 2. The van der Waals surface area contributed by atoms with Gasteiger partial charge >= 0.3 is 0 Å². The van der Waals surface area contributed by atoms with E-state index in [9.17, 15) is 0 Å². The number of aromatic amines is 1. The number of anilines is 2. The van der Waals surface area contributed by atoms with Crippen LogP contribution in [0, 0.1) is 0 Å². The topological polar surface area (TPSA) is 52.8 Å². The molecule has 38 heavy (non-hydrogen) atoms. The van der Waals surface area contributed by atoms with Crippen molar-refractivity contribution in [2.24, 2.45) is 0 Å². The average molecular weight is 517 g/mol. The lowest BCUT2D eigenvalue weighted by molar-refractivity contribution is 0.120. The van der Waals surface area contributed by atoms with Crippen molar-refractivity contribution in [2.45, 2.75) is 39.3 Å². The van der Waals surface area contributed by atoms with Crippen LogP contribution in [0.5, 0.6) is 5.75 Å². The van der Waals surface area contributed by atoms with Crippen molar-refractivity contribution in [1.29, 1.82) is 0 Å². The summed E-state index contributed by atoms with van der Waals surface area (Å²) in [5, 5.41) is 4.82. The fraction of sp³-hybridized carbons (Fsp3) is 0.375. The molecule has 4 aromatic rings. The Morgan fingerprint density at radius 1 is 1.08 bits per heavy atom. The summed E-state index contributed by atoms with van der Waals surface area (Å²) in [6, 6.07) is 24.1. The second-order valence-corrected chi connectivity index (χ2v) is 10.3. The maximum atomic E-state index is 6.38. The van der Waals surface area contributed by atoms with Crippen molar-refractivity contribution >= 4 is 22.3 Å². The predicted octanol–water partition coefficient (Wildman–Crippen LogP) is 7.23. The van der Waals surface area contributed by atoms with Crippen molar-refractivity contribution in [3.8, 4) is 16.9 Å². The maximum Gasteiger partial charge on any atom is 0.127 e. The predicted molar refractivity (Wildman–Crippen MR) is 162 cm³/mol. The fourth-order valence-corrected chi connectivity index (χ4v) is 5.00. The highest BCUT2D eigenvalue weighted by molar-refractivity contribution is 5.86. The van der Waals surface area contributed by atoms with Gasteiger partial charge in [-0.15, -0.1) is 0 Å². The summed E-state index contributed by atoms with van der Waals surface area (Å²) < 4.78 is 12.6. The molecule has 0 saturated carbocycles. The van der Waals surface area contributed by atoms with E-state index >= 15 is 0 Å². The number of nitrogens with one attached hydrogen (secondary N) is 2. The maximum absolute atomic E-state index is 6.38. The molecule has 0 spiro atoms. The summed E-state index contributed by atoms with van der Waals surface area (Å²) in [6.07, 6.45) is 4.04. The van der Waals surface area contributed by atoms with Gasteiger partial charge in [-0.05, 0) is 86.3 Å². The van der Waals surface area contributed by atoms with Gasteiger partial charge in [0.05, 0.1) is 24.6 Å². The first kappa shape index (κ1) is 26.1. The van der Waals surface area contributed by atoms with E-state index in [1.807, 2.05) is 6.20 Å². The van der Waals surface area contributed by atoms with Gasteiger partial charge in [0.2, 0.25) is 0 Å². The third kappa shape index (κ3) is 6.32. The molecule has 1 aromatic heterocycles. The van der Waals surface area contributed by atoms with Crippen LogP contribution in [-0.4, -0.2) is 55.9 Å². The molecule has 1 aliphatic heterocycles. The molecule has 0 aliphatic carbocycles. The van der Waals surface area contributed by atoms with Gasteiger partial charge in [-0.1, -0.05) is 37.3 Å². The van der Waals surface area contributed by atoms with Crippen molar-refractivity contribution in [2.75, 3.05) is 50.2 Å². The summed E-state index contributed by atoms with van der Waals surface area (Å²) in [5.74, 6) is 0.915. The molecule has 0 radical (unpaired) electrons. The van der Waals surface area contributed by atoms with Crippen molar-refractivity contribution in [3.63, 3.8) is 0 Å². The first-order valence-corrected chi connectivity index (χ1v) is 13.8. The number of H-pyrrole nitrogens is 1. The molecule has 2 N–H and O–H groups in total. The Kier molecular flexibility index (Phi) is 8.51. The van der Waals surface area contributed by atoms with E-state index in [1.54, 1.807) is 0 Å². The Hall–Kier alpha value is -3.48. The monoisotopic (exact) mass is 516 g/mol. The SMILES string of the molecule is CCN(C)CCCOc1cc(COCN2CC[C@@H](C)Nc3ccccc32)ccc1-c1ccc2[nH]ccc2c1.[HH].[HH]. The Morgan fingerprint density at radius 2 is 1.97 bits per heavy atom. The van der Waals surface area contributed by atoms with Gasteiger partial charge in [-0.3, -0.25) is 0 Å². The molecule has 6 heteroatoms. The number of rotatable bonds is 11. The minimum Gasteiger partial charge on any atom is -0.493 e. The minimum absolute atomic E-state index is 0. The van der Waals surface area contributed by atoms with Crippen molar-refractivity contribution in [1.82, 2.24) is 9.88 Å². The lowest BCUT2D eigenvalue weighted by Gasteiger charge is -2.24. The number of ether oxygens (including phenoxy) is 2. The van der Waals surface area contributed by atoms with Crippen LogP contribution in [-0.2, 0) is 11.3 Å². The molecule has 0 fully saturated rings. The van der Waals surface area contributed by atoms with Gasteiger partial charge in [0.25, 0.3) is 0 Å². The van der Waals surface area contributed by atoms with Crippen molar-refractivity contribution in [3.05, 3.63) is 78.5 Å². The Morgan fingerprint density at radius 3 is 2.87 bits per heavy atom. The number of hydrogen-bond acceptors (Lipinski definition) is 5. The molecule has 1 aliphatic rings. The Labute approximate surface area is 229 Å². The summed E-state index contributed by atoms with van der Waals surface area (Å²) in [4.78, 5) is 7.92. The zero-order valence-electron chi connectivity index (χ0n) is 22.9. The highest BCUT2D eigenvalue weighted by Crippen LogP contribution is 2.34. The quantitative estimate of drug-likeness (QED) is 0.206. The molecule has 6 nitrogen and oxygen atoms in total. The molecule has 0 unspecified atom stereocenters. The lowest BCUT2D eigenvalue weighted by atomic mass is 10.0. The molecular weight excluding hydrogens is 472 g/mol. The Bertz CT molecular complexity index is 1350. The molecular formula is C32H44N4O2. The second kappa shape index (κ2) is 12.4. The first-order valence-electron chi connectivity index (χ1n) is 13.8. The fourth-order valence-electron chi connectivity index (χ4n) is 5.00. The zero-order chi connectivity index (χ0) is 26.3. The van der Waals surface area contributed by atoms with Crippen LogP contribution in [0.25, 0.3) is 22.0 Å². The number of fused-ring (bicyclic) bond motifs is 2. The Balaban J connectivity index is 0.00000220. The van der Waals surface area contributed by atoms with E-state index in [4.69, 9.17) is 9.47 Å². The van der Waals surface area contributed by atoms with Crippen molar-refractivity contribution < 1.29 is 12.3 Å². The van der Waals surface area contributed by atoms with Gasteiger partial charge in [0.15, 0.2) is 0 Å². The molecule has 2 heterocycles. The van der Waals surface area contributed by atoms with Gasteiger partial charge < -0.3 is 29.6 Å². The highest BCUT2D eigenvalue weighted by Gasteiger charge is 2.18. The molecule has 0 amide bonds. The standard InChI is InChI=1S/C32H40N4O2.2H2/c1-4-35(3)17-7-19-38-32-20-25(10-12-28(32)26-11-13-29-27(21-26)14-16-33-29)22-37-23-36-18-15-24(2)34-30-8-5-6-9-31(30)36;;/h5-6,8-14,16,20-21,24,33-34H,4,7,15,17-19,22-23H2,1-3H3;2*1H/t24-;;/m1../s1. The van der Waals surface area contributed by atoms with Gasteiger partial charge in [-0.25, -0.2) is 0 Å². The number of aromatic nitrogens is 1. The van der Waals surface area contributed by atoms with Crippen LogP contribution >= 0.6 is 0 Å². The highest BCUT2D eigenvalue weighted by atomic mass is 16.5. The molecule has 5 rings (SSSR count). The number of para-hydroxylation sites is 2. The number of hydrogen-bond donors (Lipinski definition) is 2. The molecule has 0 saturated heterocycles. The summed E-state index contributed by atoms with van der Waals surface area (Å²) in [7, 11) is 2.15. The largest absolute Gasteiger partial charge is 0.493 e. The van der Waals surface area contributed by atoms with E-state index in [2.05, 4.69) is 108 Å². The molecule has 1 atom stereocenters. The minimum atomic E-state index is 0. The van der Waals surface area contributed by atoms with E-state index in [-0.39, 0.29) is 2.85 Å². The lowest BCUT2D eigenvalue weighted by Crippen LogP contribution is -2.27. The van der Waals surface area contributed by atoms with E-state index in [0.717, 1.165) is 60.4 Å². The normalized spacial score (nSPS) is 15.4. The van der Waals surface area contributed by atoms with Gasteiger partial charge in [0.1, 0.15) is 12.5 Å². The first-order chi connectivity index (χ1) is 18.6. The molecule has 3 aromatic carbocycles. The van der Waals surface area contributed by atoms with E-state index < -0.39 is 0 Å². The second-order valence-electron chi connectivity index (χ2n) is 10.3. The van der Waals surface area contributed by atoms with Crippen LogP contribution in [0.3, 0.4) is 0 Å². The molecule has 0 bridgehead atoms. The van der Waals surface area contributed by atoms with E-state index in [0.29, 0.717) is 26.0 Å². The van der Waals surface area contributed by atoms with Crippen LogP contribution in [0.4, 0.5) is 11.4 Å². The molecule has 204 valence electrons. The smallest absolute Gasteiger partial charge is 0.127 e. The summed E-state index contributed by atoms with van der Waals surface area (Å²) in [5.41, 5.74) is 6.91. The third-order valence-electron chi connectivity index (χ3n) is 7.39. The van der Waals surface area contributed by atoms with Crippen LogP contribution < -0.4 is 15.0 Å². The number of benzene rings is 3. The average Bonchev–Trinajstić information content (AvgIpc) is 3.35. The van der Waals surface area contributed by atoms with Gasteiger partial charge in [-0.2, -0.15) is 0 Å². The van der Waals surface area contributed by atoms with Crippen LogP contribution in [0.1, 0.15) is 35.1 Å².